The molecule has 0 amide bonds. The van der Waals surface area contributed by atoms with E-state index >= 15 is 0 Å². The molecule has 8 nitrogen and oxygen atoms in total. The van der Waals surface area contributed by atoms with Gasteiger partial charge in [0, 0.05) is 43.8 Å². The summed E-state index contributed by atoms with van der Waals surface area (Å²) in [6.07, 6.45) is 6.00. The second-order valence-electron chi connectivity index (χ2n) is 8.37. The second-order valence-corrected chi connectivity index (χ2v) is 9.57. The highest BCUT2D eigenvalue weighted by Gasteiger charge is 2.25. The van der Waals surface area contributed by atoms with Crippen LogP contribution in [0.3, 0.4) is 0 Å². The van der Waals surface area contributed by atoms with Crippen LogP contribution in [0.15, 0.2) is 12.4 Å². The zero-order chi connectivity index (χ0) is 20.5. The van der Waals surface area contributed by atoms with E-state index in [1.54, 1.807) is 17.5 Å². The van der Waals surface area contributed by atoms with Crippen molar-refractivity contribution in [2.24, 2.45) is 5.92 Å². The van der Waals surface area contributed by atoms with Crippen LogP contribution in [0.2, 0.25) is 0 Å². The van der Waals surface area contributed by atoms with Gasteiger partial charge in [-0.25, -0.2) is 9.97 Å². The molecule has 3 aromatic rings. The molecule has 0 saturated carbocycles. The van der Waals surface area contributed by atoms with Gasteiger partial charge in [-0.3, -0.25) is 9.58 Å². The van der Waals surface area contributed by atoms with Crippen LogP contribution in [0.4, 0.5) is 5.82 Å². The lowest BCUT2D eigenvalue weighted by Crippen LogP contribution is -2.37. The van der Waals surface area contributed by atoms with Crippen molar-refractivity contribution in [2.75, 3.05) is 44.3 Å². The molecule has 30 heavy (non-hydrogen) atoms. The van der Waals surface area contributed by atoms with Crippen LogP contribution in [0.25, 0.3) is 10.2 Å². The van der Waals surface area contributed by atoms with Gasteiger partial charge in [0.2, 0.25) is 0 Å². The Bertz CT molecular complexity index is 989. The van der Waals surface area contributed by atoms with Crippen LogP contribution in [0.5, 0.6) is 0 Å². The van der Waals surface area contributed by atoms with Gasteiger partial charge in [0.25, 0.3) is 0 Å². The SMILES string of the molecule is Cc1sc2nc(CN3CCOCC3)nc(N3CCC(Cn4ccnn4)CC3)c2c1C. The maximum Gasteiger partial charge on any atom is 0.146 e. The van der Waals surface area contributed by atoms with E-state index in [1.807, 2.05) is 10.9 Å². The van der Waals surface area contributed by atoms with E-state index in [2.05, 4.69) is 34.0 Å². The van der Waals surface area contributed by atoms with Crippen molar-refractivity contribution < 1.29 is 4.74 Å². The second kappa shape index (κ2) is 8.56. The van der Waals surface area contributed by atoms with Crippen molar-refractivity contribution in [1.29, 1.82) is 0 Å². The zero-order valence-electron chi connectivity index (χ0n) is 17.8. The normalized spacial score (nSPS) is 19.1. The summed E-state index contributed by atoms with van der Waals surface area (Å²) in [5.74, 6) is 2.70. The highest BCUT2D eigenvalue weighted by molar-refractivity contribution is 7.18. The van der Waals surface area contributed by atoms with Gasteiger partial charge < -0.3 is 9.64 Å². The van der Waals surface area contributed by atoms with Crippen molar-refractivity contribution in [3.05, 3.63) is 28.7 Å². The molecule has 0 aliphatic carbocycles. The Kier molecular flexibility index (Phi) is 5.66. The highest BCUT2D eigenvalue weighted by Crippen LogP contribution is 2.36. The lowest BCUT2D eigenvalue weighted by atomic mass is 9.96. The van der Waals surface area contributed by atoms with Gasteiger partial charge >= 0.3 is 0 Å². The number of hydrogen-bond donors (Lipinski definition) is 0. The molecule has 0 atom stereocenters. The van der Waals surface area contributed by atoms with Crippen molar-refractivity contribution in [2.45, 2.75) is 39.8 Å². The summed E-state index contributed by atoms with van der Waals surface area (Å²) < 4.78 is 7.45. The Hall–Kier alpha value is -2.10. The van der Waals surface area contributed by atoms with E-state index in [-0.39, 0.29) is 0 Å². The van der Waals surface area contributed by atoms with Crippen LogP contribution >= 0.6 is 11.3 Å². The summed E-state index contributed by atoms with van der Waals surface area (Å²) in [6, 6.07) is 0. The Morgan fingerprint density at radius 1 is 1.10 bits per heavy atom. The zero-order valence-corrected chi connectivity index (χ0v) is 18.6. The molecule has 3 aromatic heterocycles. The maximum absolute atomic E-state index is 5.49. The topological polar surface area (TPSA) is 72.2 Å². The number of ether oxygens (including phenoxy) is 1. The molecule has 2 saturated heterocycles. The van der Waals surface area contributed by atoms with E-state index in [9.17, 15) is 0 Å². The summed E-state index contributed by atoms with van der Waals surface area (Å²) in [6.45, 7) is 11.7. The van der Waals surface area contributed by atoms with Gasteiger partial charge in [-0.05, 0) is 38.2 Å². The van der Waals surface area contributed by atoms with Gasteiger partial charge in [0.15, 0.2) is 0 Å². The van der Waals surface area contributed by atoms with Gasteiger partial charge in [0.1, 0.15) is 16.5 Å². The van der Waals surface area contributed by atoms with Gasteiger partial charge in [-0.15, -0.1) is 16.4 Å². The predicted molar refractivity (Wildman–Crippen MR) is 118 cm³/mol. The van der Waals surface area contributed by atoms with Crippen molar-refractivity contribution >= 4 is 27.4 Å². The lowest BCUT2D eigenvalue weighted by Gasteiger charge is -2.33. The van der Waals surface area contributed by atoms with Gasteiger partial charge in [-0.1, -0.05) is 5.21 Å². The Labute approximate surface area is 180 Å². The molecule has 2 fully saturated rings. The maximum atomic E-state index is 5.49. The van der Waals surface area contributed by atoms with Crippen LogP contribution in [-0.4, -0.2) is 69.3 Å². The number of nitrogens with zero attached hydrogens (tertiary/aromatic N) is 7. The third-order valence-electron chi connectivity index (χ3n) is 6.36. The number of hydrogen-bond acceptors (Lipinski definition) is 8. The van der Waals surface area contributed by atoms with E-state index in [0.717, 1.165) is 81.8 Å². The monoisotopic (exact) mass is 427 g/mol. The fourth-order valence-corrected chi connectivity index (χ4v) is 5.49. The molecule has 0 N–H and O–H groups in total. The van der Waals surface area contributed by atoms with Crippen molar-refractivity contribution in [1.82, 2.24) is 29.9 Å². The van der Waals surface area contributed by atoms with E-state index in [4.69, 9.17) is 14.7 Å². The fraction of sp³-hybridized carbons (Fsp3) is 0.619. The highest BCUT2D eigenvalue weighted by atomic mass is 32.1. The van der Waals surface area contributed by atoms with Crippen molar-refractivity contribution in [3.63, 3.8) is 0 Å². The lowest BCUT2D eigenvalue weighted by molar-refractivity contribution is 0.0331. The molecule has 5 rings (SSSR count). The number of anilines is 1. The van der Waals surface area contributed by atoms with E-state index in [1.165, 1.54) is 15.8 Å². The number of aryl methyl sites for hydroxylation is 2. The average Bonchev–Trinajstić information content (AvgIpc) is 3.37. The summed E-state index contributed by atoms with van der Waals surface area (Å²) in [4.78, 5) is 17.4. The van der Waals surface area contributed by atoms with E-state index in [0.29, 0.717) is 5.92 Å². The summed E-state index contributed by atoms with van der Waals surface area (Å²) in [5, 5.41) is 9.31. The number of rotatable bonds is 5. The minimum absolute atomic E-state index is 0.637. The summed E-state index contributed by atoms with van der Waals surface area (Å²) in [5.41, 5.74) is 1.33. The molecule has 160 valence electrons. The molecular formula is C21H29N7OS. The molecule has 2 aliphatic heterocycles. The smallest absolute Gasteiger partial charge is 0.146 e. The molecule has 5 heterocycles. The quantitative estimate of drug-likeness (QED) is 0.620. The van der Waals surface area contributed by atoms with Crippen LogP contribution in [-0.2, 0) is 17.8 Å². The molecule has 0 aromatic carbocycles. The first-order valence-electron chi connectivity index (χ1n) is 10.8. The average molecular weight is 428 g/mol. The fourth-order valence-electron chi connectivity index (χ4n) is 4.45. The molecule has 0 radical (unpaired) electrons. The number of fused-ring (bicyclic) bond motifs is 1. The van der Waals surface area contributed by atoms with Gasteiger partial charge in [0.05, 0.1) is 31.3 Å². The van der Waals surface area contributed by atoms with E-state index < -0.39 is 0 Å². The minimum atomic E-state index is 0.637. The number of morpholine rings is 1. The Morgan fingerprint density at radius 2 is 1.90 bits per heavy atom. The predicted octanol–water partition coefficient (Wildman–Crippen LogP) is 2.65. The van der Waals surface area contributed by atoms with Gasteiger partial charge in [-0.2, -0.15) is 0 Å². The number of aromatic nitrogens is 5. The number of thiophene rings is 1. The molecule has 2 aliphatic rings. The molecule has 0 bridgehead atoms. The largest absolute Gasteiger partial charge is 0.379 e. The van der Waals surface area contributed by atoms with Crippen LogP contribution < -0.4 is 4.90 Å². The van der Waals surface area contributed by atoms with Crippen molar-refractivity contribution in [3.8, 4) is 0 Å². The standard InChI is InChI=1S/C21H29N7OS/c1-15-16(2)30-21-19(15)20(23-18(24-21)14-26-9-11-29-12-10-26)27-6-3-17(4-7-27)13-28-8-5-22-25-28/h5,8,17H,3-4,6-7,9-14H2,1-2H3. The molecule has 0 unspecified atom stereocenters. The van der Waals surface area contributed by atoms with Crippen LogP contribution in [0.1, 0.15) is 29.1 Å². The third-order valence-corrected chi connectivity index (χ3v) is 7.46. The number of piperidine rings is 1. The first-order valence-corrected chi connectivity index (χ1v) is 11.6. The Balaban J connectivity index is 1.38. The summed E-state index contributed by atoms with van der Waals surface area (Å²) in [7, 11) is 0. The molecule has 0 spiro atoms. The first kappa shape index (κ1) is 19.8. The Morgan fingerprint density at radius 3 is 2.63 bits per heavy atom. The minimum Gasteiger partial charge on any atom is -0.379 e. The molecule has 9 heteroatoms. The first-order chi connectivity index (χ1) is 14.7. The summed E-state index contributed by atoms with van der Waals surface area (Å²) >= 11 is 1.80. The van der Waals surface area contributed by atoms with Crippen LogP contribution in [0, 0.1) is 19.8 Å². The third kappa shape index (κ3) is 4.06. The molecular weight excluding hydrogens is 398 g/mol.